The van der Waals surface area contributed by atoms with Gasteiger partial charge in [-0.2, -0.15) is 0 Å². The molecule has 1 aromatic heterocycles. The largest absolute Gasteiger partial charge is 0.487 e. The van der Waals surface area contributed by atoms with Gasteiger partial charge in [0, 0.05) is 30.3 Å². The molecule has 126 valence electrons. The first kappa shape index (κ1) is 16.7. The molecule has 1 fully saturated rings. The van der Waals surface area contributed by atoms with Crippen LogP contribution in [0.5, 0.6) is 5.75 Å². The van der Waals surface area contributed by atoms with Crippen molar-refractivity contribution in [2.75, 3.05) is 11.9 Å². The SMILES string of the molecule is C[C@H]1CCO[C@@H]1C(=O)Nc1ccc(OCc2cccnc2)c(Cl)c1. The van der Waals surface area contributed by atoms with Crippen LogP contribution in [0.1, 0.15) is 18.9 Å². The fraction of sp³-hybridized carbons (Fsp3) is 0.333. The lowest BCUT2D eigenvalue weighted by Crippen LogP contribution is -2.31. The van der Waals surface area contributed by atoms with Crippen LogP contribution in [0.25, 0.3) is 0 Å². The molecule has 2 atom stereocenters. The first-order chi connectivity index (χ1) is 11.6. The Balaban J connectivity index is 1.61. The highest BCUT2D eigenvalue weighted by molar-refractivity contribution is 6.32. The third-order valence-corrected chi connectivity index (χ3v) is 4.26. The molecular weight excluding hydrogens is 328 g/mol. The Hall–Kier alpha value is -2.11. The van der Waals surface area contributed by atoms with E-state index >= 15 is 0 Å². The summed E-state index contributed by atoms with van der Waals surface area (Å²) in [6.07, 6.45) is 3.96. The first-order valence-corrected chi connectivity index (χ1v) is 8.25. The molecule has 24 heavy (non-hydrogen) atoms. The molecule has 1 aliphatic rings. The number of halogens is 1. The van der Waals surface area contributed by atoms with Gasteiger partial charge in [-0.15, -0.1) is 0 Å². The van der Waals surface area contributed by atoms with E-state index in [2.05, 4.69) is 10.3 Å². The number of rotatable bonds is 5. The van der Waals surface area contributed by atoms with Crippen LogP contribution in [0.4, 0.5) is 5.69 Å². The summed E-state index contributed by atoms with van der Waals surface area (Å²) in [7, 11) is 0. The van der Waals surface area contributed by atoms with E-state index in [4.69, 9.17) is 21.1 Å². The number of benzene rings is 1. The molecule has 1 saturated heterocycles. The minimum absolute atomic E-state index is 0.139. The summed E-state index contributed by atoms with van der Waals surface area (Å²) in [5.74, 6) is 0.645. The molecule has 1 aromatic carbocycles. The summed E-state index contributed by atoms with van der Waals surface area (Å²) in [6.45, 7) is 3.02. The van der Waals surface area contributed by atoms with Crippen molar-refractivity contribution in [1.29, 1.82) is 0 Å². The van der Waals surface area contributed by atoms with Crippen LogP contribution in [0.2, 0.25) is 5.02 Å². The normalized spacial score (nSPS) is 19.9. The van der Waals surface area contributed by atoms with Gasteiger partial charge in [0.2, 0.25) is 0 Å². The lowest BCUT2D eigenvalue weighted by atomic mass is 10.0. The first-order valence-electron chi connectivity index (χ1n) is 7.87. The average Bonchev–Trinajstić information content (AvgIpc) is 3.01. The molecular formula is C18H19ClN2O3. The van der Waals surface area contributed by atoms with Crippen molar-refractivity contribution >= 4 is 23.2 Å². The predicted octanol–water partition coefficient (Wildman–Crippen LogP) is 3.68. The molecule has 3 rings (SSSR count). The molecule has 0 radical (unpaired) electrons. The topological polar surface area (TPSA) is 60.5 Å². The van der Waals surface area contributed by atoms with Crippen molar-refractivity contribution in [3.8, 4) is 5.75 Å². The summed E-state index contributed by atoms with van der Waals surface area (Å²) in [6, 6.07) is 8.97. The van der Waals surface area contributed by atoms with Crippen molar-refractivity contribution in [1.82, 2.24) is 4.98 Å². The highest BCUT2D eigenvalue weighted by Gasteiger charge is 2.30. The zero-order valence-corrected chi connectivity index (χ0v) is 14.1. The molecule has 0 aliphatic carbocycles. The quantitative estimate of drug-likeness (QED) is 0.897. The summed E-state index contributed by atoms with van der Waals surface area (Å²) in [5, 5.41) is 3.28. The Labute approximate surface area is 145 Å². The minimum Gasteiger partial charge on any atom is -0.487 e. The fourth-order valence-electron chi connectivity index (χ4n) is 2.58. The highest BCUT2D eigenvalue weighted by atomic mass is 35.5. The smallest absolute Gasteiger partial charge is 0.253 e. The van der Waals surface area contributed by atoms with Crippen LogP contribution in [-0.4, -0.2) is 23.6 Å². The molecule has 0 spiro atoms. The number of pyridine rings is 1. The molecule has 0 unspecified atom stereocenters. The van der Waals surface area contributed by atoms with Crippen molar-refractivity contribution in [2.24, 2.45) is 5.92 Å². The number of carbonyl (C=O) groups is 1. The number of ether oxygens (including phenoxy) is 2. The van der Waals surface area contributed by atoms with Crippen molar-refractivity contribution < 1.29 is 14.3 Å². The molecule has 1 aliphatic heterocycles. The third kappa shape index (κ3) is 4.04. The van der Waals surface area contributed by atoms with Crippen LogP contribution < -0.4 is 10.1 Å². The summed E-state index contributed by atoms with van der Waals surface area (Å²) >= 11 is 6.24. The van der Waals surface area contributed by atoms with E-state index in [1.54, 1.807) is 30.6 Å². The van der Waals surface area contributed by atoms with Gasteiger partial charge in [-0.1, -0.05) is 24.6 Å². The van der Waals surface area contributed by atoms with Gasteiger partial charge < -0.3 is 14.8 Å². The second-order valence-electron chi connectivity index (χ2n) is 5.84. The van der Waals surface area contributed by atoms with Gasteiger partial charge in [0.15, 0.2) is 0 Å². The van der Waals surface area contributed by atoms with Crippen LogP contribution in [0.15, 0.2) is 42.7 Å². The molecule has 5 nitrogen and oxygen atoms in total. The Kier molecular flexibility index (Phi) is 5.33. The van der Waals surface area contributed by atoms with E-state index in [-0.39, 0.29) is 11.8 Å². The van der Waals surface area contributed by atoms with E-state index in [1.807, 2.05) is 19.1 Å². The van der Waals surface area contributed by atoms with Crippen molar-refractivity contribution in [3.05, 3.63) is 53.3 Å². The number of nitrogens with one attached hydrogen (secondary N) is 1. The number of hydrogen-bond donors (Lipinski definition) is 1. The lowest BCUT2D eigenvalue weighted by molar-refractivity contribution is -0.126. The molecule has 1 N–H and O–H groups in total. The number of carbonyl (C=O) groups excluding carboxylic acids is 1. The number of anilines is 1. The zero-order valence-electron chi connectivity index (χ0n) is 13.4. The van der Waals surface area contributed by atoms with Crippen LogP contribution in [-0.2, 0) is 16.1 Å². The van der Waals surface area contributed by atoms with Gasteiger partial charge >= 0.3 is 0 Å². The molecule has 6 heteroatoms. The third-order valence-electron chi connectivity index (χ3n) is 3.96. The predicted molar refractivity (Wildman–Crippen MR) is 92.2 cm³/mol. The average molecular weight is 347 g/mol. The second-order valence-corrected chi connectivity index (χ2v) is 6.25. The van der Waals surface area contributed by atoms with Crippen molar-refractivity contribution in [2.45, 2.75) is 26.1 Å². The van der Waals surface area contributed by atoms with Crippen LogP contribution >= 0.6 is 11.6 Å². The van der Waals surface area contributed by atoms with Gasteiger partial charge in [0.05, 0.1) is 5.02 Å². The standard InChI is InChI=1S/C18H19ClN2O3/c1-12-6-8-23-17(12)18(22)21-14-4-5-16(15(19)9-14)24-11-13-3-2-7-20-10-13/h2-5,7,9-10,12,17H,6,8,11H2,1H3,(H,21,22)/t12-,17-/m0/s1. The fourth-order valence-corrected chi connectivity index (χ4v) is 2.82. The molecule has 0 bridgehead atoms. The zero-order chi connectivity index (χ0) is 16.9. The molecule has 0 saturated carbocycles. The Morgan fingerprint density at radius 2 is 2.33 bits per heavy atom. The number of hydrogen-bond acceptors (Lipinski definition) is 4. The lowest BCUT2D eigenvalue weighted by Gasteiger charge is -2.15. The van der Waals surface area contributed by atoms with E-state index in [9.17, 15) is 4.79 Å². The highest BCUT2D eigenvalue weighted by Crippen LogP contribution is 2.29. The van der Waals surface area contributed by atoms with E-state index < -0.39 is 6.10 Å². The Morgan fingerprint density at radius 3 is 3.00 bits per heavy atom. The van der Waals surface area contributed by atoms with Gasteiger partial charge in [0.25, 0.3) is 5.91 Å². The maximum absolute atomic E-state index is 12.2. The molecule has 1 amide bonds. The Morgan fingerprint density at radius 1 is 1.46 bits per heavy atom. The van der Waals surface area contributed by atoms with E-state index in [1.165, 1.54) is 0 Å². The second kappa shape index (κ2) is 7.64. The number of aromatic nitrogens is 1. The summed E-state index contributed by atoms with van der Waals surface area (Å²) in [5.41, 5.74) is 1.58. The monoisotopic (exact) mass is 346 g/mol. The maximum atomic E-state index is 12.2. The number of amides is 1. The van der Waals surface area contributed by atoms with Crippen LogP contribution in [0.3, 0.4) is 0 Å². The maximum Gasteiger partial charge on any atom is 0.253 e. The van der Waals surface area contributed by atoms with E-state index in [0.29, 0.717) is 29.7 Å². The van der Waals surface area contributed by atoms with E-state index in [0.717, 1.165) is 12.0 Å². The summed E-state index contributed by atoms with van der Waals surface area (Å²) < 4.78 is 11.2. The molecule has 2 heterocycles. The minimum atomic E-state index is -0.398. The van der Waals surface area contributed by atoms with Gasteiger partial charge in [-0.3, -0.25) is 9.78 Å². The van der Waals surface area contributed by atoms with Gasteiger partial charge in [-0.05, 0) is 36.6 Å². The molecule has 2 aromatic rings. The Bertz CT molecular complexity index is 709. The van der Waals surface area contributed by atoms with Crippen molar-refractivity contribution in [3.63, 3.8) is 0 Å². The number of nitrogens with zero attached hydrogens (tertiary/aromatic N) is 1. The van der Waals surface area contributed by atoms with Crippen LogP contribution in [0, 0.1) is 5.92 Å². The van der Waals surface area contributed by atoms with Gasteiger partial charge in [0.1, 0.15) is 18.5 Å². The summed E-state index contributed by atoms with van der Waals surface area (Å²) in [4.78, 5) is 16.3. The van der Waals surface area contributed by atoms with Gasteiger partial charge in [-0.25, -0.2) is 0 Å².